The quantitative estimate of drug-likeness (QED) is 0.354. The molecule has 0 aliphatic carbocycles. The van der Waals surface area contributed by atoms with Crippen LogP contribution >= 0.6 is 23.2 Å². The molecule has 1 aromatic carbocycles. The van der Waals surface area contributed by atoms with Gasteiger partial charge in [0.15, 0.2) is 0 Å². The molecule has 0 saturated heterocycles. The van der Waals surface area contributed by atoms with E-state index in [4.69, 9.17) is 43.3 Å². The molecule has 3 N–H and O–H groups in total. The SMILES string of the molecule is Cc1nc2nc(C(=O)N(C)Cc3ccco3)cn2c(-c2ccc(Cl)cc2Cl)c1CN.O=C(O)C(F)(F)F. The lowest BCUT2D eigenvalue weighted by Gasteiger charge is -2.15. The fraction of sp³-hybridized carbons (Fsp3) is 0.217. The number of benzene rings is 1. The zero-order valence-electron chi connectivity index (χ0n) is 19.4. The first-order valence-corrected chi connectivity index (χ1v) is 11.2. The van der Waals surface area contributed by atoms with Gasteiger partial charge in [-0.1, -0.05) is 23.2 Å². The van der Waals surface area contributed by atoms with E-state index in [1.54, 1.807) is 42.1 Å². The van der Waals surface area contributed by atoms with Crippen molar-refractivity contribution < 1.29 is 32.3 Å². The number of carbonyl (C=O) groups is 2. The van der Waals surface area contributed by atoms with Crippen LogP contribution in [0.1, 0.15) is 27.5 Å². The Morgan fingerprint density at radius 2 is 1.89 bits per heavy atom. The normalized spacial score (nSPS) is 11.2. The summed E-state index contributed by atoms with van der Waals surface area (Å²) in [6.45, 7) is 2.44. The molecule has 3 aromatic heterocycles. The molecule has 0 atom stereocenters. The van der Waals surface area contributed by atoms with Gasteiger partial charge in [-0.2, -0.15) is 13.2 Å². The van der Waals surface area contributed by atoms with Gasteiger partial charge in [0.05, 0.1) is 23.5 Å². The lowest BCUT2D eigenvalue weighted by atomic mass is 10.0. The molecule has 37 heavy (non-hydrogen) atoms. The van der Waals surface area contributed by atoms with Crippen LogP contribution in [-0.2, 0) is 17.9 Å². The number of aryl methyl sites for hydroxylation is 1. The summed E-state index contributed by atoms with van der Waals surface area (Å²) in [5, 5.41) is 8.13. The summed E-state index contributed by atoms with van der Waals surface area (Å²) in [5.74, 6) is -1.94. The number of aliphatic carboxylic acids is 1. The number of nitrogens with zero attached hydrogens (tertiary/aromatic N) is 4. The molecule has 14 heteroatoms. The smallest absolute Gasteiger partial charge is 0.475 e. The van der Waals surface area contributed by atoms with Crippen LogP contribution in [0.5, 0.6) is 0 Å². The summed E-state index contributed by atoms with van der Waals surface area (Å²) in [7, 11) is 1.69. The largest absolute Gasteiger partial charge is 0.490 e. The van der Waals surface area contributed by atoms with Gasteiger partial charge in [-0.05, 0) is 37.3 Å². The Hall–Kier alpha value is -3.61. The van der Waals surface area contributed by atoms with E-state index < -0.39 is 12.1 Å². The number of halogens is 5. The number of alkyl halides is 3. The summed E-state index contributed by atoms with van der Waals surface area (Å²) in [5.41, 5.74) is 9.29. The van der Waals surface area contributed by atoms with Crippen LogP contribution in [0.2, 0.25) is 10.0 Å². The third-order valence-electron chi connectivity index (χ3n) is 5.09. The van der Waals surface area contributed by atoms with Crippen LogP contribution in [0.25, 0.3) is 17.0 Å². The molecular weight excluding hydrogens is 538 g/mol. The van der Waals surface area contributed by atoms with Crippen molar-refractivity contribution in [2.45, 2.75) is 26.2 Å². The third kappa shape index (κ3) is 6.40. The number of hydrogen-bond donors (Lipinski definition) is 2. The van der Waals surface area contributed by atoms with E-state index in [9.17, 15) is 18.0 Å². The van der Waals surface area contributed by atoms with E-state index in [-0.39, 0.29) is 18.1 Å². The summed E-state index contributed by atoms with van der Waals surface area (Å²) in [6.07, 6.45) is -1.86. The number of furan rings is 1. The fourth-order valence-electron chi connectivity index (χ4n) is 3.37. The number of hydrogen-bond acceptors (Lipinski definition) is 6. The molecule has 0 bridgehead atoms. The zero-order chi connectivity index (χ0) is 27.5. The highest BCUT2D eigenvalue weighted by atomic mass is 35.5. The Labute approximate surface area is 218 Å². The van der Waals surface area contributed by atoms with E-state index in [1.807, 2.05) is 19.1 Å². The summed E-state index contributed by atoms with van der Waals surface area (Å²) >= 11 is 12.5. The first-order valence-electron chi connectivity index (χ1n) is 10.5. The topological polar surface area (TPSA) is 127 Å². The van der Waals surface area contributed by atoms with Gasteiger partial charge >= 0.3 is 12.1 Å². The first-order chi connectivity index (χ1) is 17.3. The van der Waals surface area contributed by atoms with Crippen LogP contribution in [-0.4, -0.2) is 49.5 Å². The van der Waals surface area contributed by atoms with Crippen molar-refractivity contribution in [2.24, 2.45) is 5.73 Å². The summed E-state index contributed by atoms with van der Waals surface area (Å²) in [6, 6.07) is 8.84. The van der Waals surface area contributed by atoms with Crippen molar-refractivity contribution in [1.29, 1.82) is 0 Å². The number of imidazole rings is 1. The molecule has 196 valence electrons. The van der Waals surface area contributed by atoms with Crippen LogP contribution in [0.15, 0.2) is 47.2 Å². The predicted molar refractivity (Wildman–Crippen MR) is 129 cm³/mol. The molecule has 0 fully saturated rings. The Balaban J connectivity index is 0.000000479. The molecular formula is C23H20Cl2F3N5O4. The van der Waals surface area contributed by atoms with E-state index in [0.29, 0.717) is 28.1 Å². The monoisotopic (exact) mass is 557 g/mol. The second kappa shape index (κ2) is 11.2. The number of aromatic nitrogens is 3. The standard InChI is InChI=1S/C21H19Cl2N5O2.C2HF3O2/c1-12-16(9-24)19(15-6-5-13(22)8-17(15)23)28-11-18(26-21(28)25-12)20(29)27(2)10-14-4-3-7-30-14;3-2(4,5)1(6)7/h3-8,11H,9-10,24H2,1-2H3;(H,6,7). The molecule has 0 spiro atoms. The highest BCUT2D eigenvalue weighted by molar-refractivity contribution is 6.36. The number of nitrogens with two attached hydrogens (primary N) is 1. The summed E-state index contributed by atoms with van der Waals surface area (Å²) in [4.78, 5) is 32.4. The number of carboxylic acids is 1. The Morgan fingerprint density at radius 3 is 2.43 bits per heavy atom. The average Bonchev–Trinajstić information content (AvgIpc) is 3.47. The average molecular weight is 558 g/mol. The van der Waals surface area contributed by atoms with Gasteiger partial charge in [0.2, 0.25) is 5.78 Å². The molecule has 4 rings (SSSR count). The molecule has 0 radical (unpaired) electrons. The molecule has 3 heterocycles. The maximum Gasteiger partial charge on any atom is 0.490 e. The van der Waals surface area contributed by atoms with Gasteiger partial charge in [-0.3, -0.25) is 9.20 Å². The Kier molecular flexibility index (Phi) is 8.46. The minimum absolute atomic E-state index is 0.253. The molecule has 0 aliphatic rings. The van der Waals surface area contributed by atoms with Gasteiger partial charge < -0.3 is 20.2 Å². The third-order valence-corrected chi connectivity index (χ3v) is 5.64. The Bertz CT molecular complexity index is 1440. The van der Waals surface area contributed by atoms with E-state index in [1.165, 1.54) is 4.90 Å². The second-order valence-corrected chi connectivity index (χ2v) is 8.54. The molecule has 0 aliphatic heterocycles. The number of rotatable bonds is 5. The van der Waals surface area contributed by atoms with E-state index in [0.717, 1.165) is 22.5 Å². The van der Waals surface area contributed by atoms with Gasteiger partial charge in [0, 0.05) is 41.6 Å². The highest BCUT2D eigenvalue weighted by Crippen LogP contribution is 2.34. The van der Waals surface area contributed by atoms with Crippen LogP contribution in [0.4, 0.5) is 13.2 Å². The highest BCUT2D eigenvalue weighted by Gasteiger charge is 2.38. The predicted octanol–water partition coefficient (Wildman–Crippen LogP) is 4.97. The van der Waals surface area contributed by atoms with Crippen molar-refractivity contribution in [1.82, 2.24) is 19.3 Å². The van der Waals surface area contributed by atoms with Crippen molar-refractivity contribution in [2.75, 3.05) is 7.05 Å². The lowest BCUT2D eigenvalue weighted by molar-refractivity contribution is -0.192. The number of carbonyl (C=O) groups excluding carboxylic acids is 1. The molecule has 1 amide bonds. The van der Waals surface area contributed by atoms with Crippen molar-refractivity contribution >= 4 is 40.9 Å². The minimum atomic E-state index is -5.08. The van der Waals surface area contributed by atoms with Gasteiger partial charge in [-0.15, -0.1) is 0 Å². The van der Waals surface area contributed by atoms with Crippen molar-refractivity contribution in [3.8, 4) is 11.3 Å². The molecule has 9 nitrogen and oxygen atoms in total. The lowest BCUT2D eigenvalue weighted by Crippen LogP contribution is -2.26. The van der Waals surface area contributed by atoms with Crippen LogP contribution in [0.3, 0.4) is 0 Å². The van der Waals surface area contributed by atoms with Gasteiger partial charge in [0.25, 0.3) is 5.91 Å². The fourth-order valence-corrected chi connectivity index (χ4v) is 3.87. The molecule has 4 aromatic rings. The maximum absolute atomic E-state index is 13.0. The van der Waals surface area contributed by atoms with Gasteiger partial charge in [0.1, 0.15) is 11.5 Å². The van der Waals surface area contributed by atoms with Crippen LogP contribution in [0, 0.1) is 6.92 Å². The van der Waals surface area contributed by atoms with E-state index in [2.05, 4.69) is 9.97 Å². The summed E-state index contributed by atoms with van der Waals surface area (Å²) < 4.78 is 38.8. The zero-order valence-corrected chi connectivity index (χ0v) is 20.9. The number of amides is 1. The van der Waals surface area contributed by atoms with Crippen LogP contribution < -0.4 is 5.73 Å². The molecule has 0 saturated carbocycles. The minimum Gasteiger partial charge on any atom is -0.475 e. The molecule has 0 unspecified atom stereocenters. The Morgan fingerprint density at radius 1 is 1.22 bits per heavy atom. The van der Waals surface area contributed by atoms with Crippen molar-refractivity contribution in [3.05, 3.63) is 75.5 Å². The van der Waals surface area contributed by atoms with E-state index >= 15 is 0 Å². The van der Waals surface area contributed by atoms with Crippen molar-refractivity contribution in [3.63, 3.8) is 0 Å². The number of fused-ring (bicyclic) bond motifs is 1. The maximum atomic E-state index is 13.0. The second-order valence-electron chi connectivity index (χ2n) is 7.69. The van der Waals surface area contributed by atoms with Gasteiger partial charge in [-0.25, -0.2) is 14.8 Å². The number of carboxylic acid groups (broad SMARTS) is 1. The first kappa shape index (κ1) is 28.0.